The van der Waals surface area contributed by atoms with E-state index in [-0.39, 0.29) is 6.04 Å². The van der Waals surface area contributed by atoms with E-state index in [1.165, 1.54) is 0 Å². The van der Waals surface area contributed by atoms with Crippen LogP contribution in [0.4, 0.5) is 0 Å². The third kappa shape index (κ3) is 2.95. The summed E-state index contributed by atoms with van der Waals surface area (Å²) in [7, 11) is 0. The quantitative estimate of drug-likeness (QED) is 0.938. The largest absolute Gasteiger partial charge is 0.494 e. The molecule has 0 bridgehead atoms. The molecular formula is C17H23N3O. The van der Waals surface area contributed by atoms with Gasteiger partial charge in [-0.15, -0.1) is 0 Å². The topological polar surface area (TPSA) is 53.1 Å². The summed E-state index contributed by atoms with van der Waals surface area (Å²) in [6.07, 6.45) is 4.15. The van der Waals surface area contributed by atoms with Crippen molar-refractivity contribution in [2.45, 2.75) is 45.2 Å². The minimum absolute atomic E-state index is 0.236. The molecule has 2 N–H and O–H groups in total. The molecule has 3 rings (SSSR count). The standard InChI is InChI=1S/C17H23N3O/c1-3-8-21-15-6-4-13(5-7-15)16-11-20-10-14(18)9-12(2)17(20)19-16/h4-7,11-12,14H,3,8-10,18H2,1-2H3. The SMILES string of the molecule is CCCOc1ccc(-c2cn3c(n2)C(C)CC(N)C3)cc1. The highest BCUT2D eigenvalue weighted by Crippen LogP contribution is 2.29. The number of nitrogens with two attached hydrogens (primary N) is 1. The van der Waals surface area contributed by atoms with Gasteiger partial charge in [0.05, 0.1) is 12.3 Å². The van der Waals surface area contributed by atoms with E-state index in [2.05, 4.69) is 36.7 Å². The van der Waals surface area contributed by atoms with Crippen LogP contribution in [-0.2, 0) is 6.54 Å². The van der Waals surface area contributed by atoms with Gasteiger partial charge in [-0.2, -0.15) is 0 Å². The van der Waals surface area contributed by atoms with Crippen LogP contribution in [0.25, 0.3) is 11.3 Å². The van der Waals surface area contributed by atoms with Crippen LogP contribution in [0, 0.1) is 0 Å². The molecule has 1 aliphatic rings. The molecule has 2 aromatic rings. The Bertz CT molecular complexity index is 603. The highest BCUT2D eigenvalue weighted by Gasteiger charge is 2.24. The van der Waals surface area contributed by atoms with E-state index in [1.807, 2.05) is 12.1 Å². The van der Waals surface area contributed by atoms with E-state index in [0.29, 0.717) is 5.92 Å². The van der Waals surface area contributed by atoms with Gasteiger partial charge in [0.1, 0.15) is 11.6 Å². The molecule has 0 radical (unpaired) electrons. The second kappa shape index (κ2) is 5.90. The van der Waals surface area contributed by atoms with Crippen LogP contribution >= 0.6 is 0 Å². The summed E-state index contributed by atoms with van der Waals surface area (Å²) < 4.78 is 7.82. The second-order valence-corrected chi connectivity index (χ2v) is 5.91. The van der Waals surface area contributed by atoms with E-state index in [0.717, 1.165) is 48.8 Å². The summed E-state index contributed by atoms with van der Waals surface area (Å²) in [5.74, 6) is 2.49. The number of rotatable bonds is 4. The van der Waals surface area contributed by atoms with Crippen molar-refractivity contribution in [3.8, 4) is 17.0 Å². The van der Waals surface area contributed by atoms with Gasteiger partial charge in [0.2, 0.25) is 0 Å². The number of aromatic nitrogens is 2. The molecule has 2 unspecified atom stereocenters. The molecule has 4 nitrogen and oxygen atoms in total. The maximum atomic E-state index is 6.09. The van der Waals surface area contributed by atoms with E-state index in [1.54, 1.807) is 0 Å². The van der Waals surface area contributed by atoms with Gasteiger partial charge in [-0.1, -0.05) is 13.8 Å². The summed E-state index contributed by atoms with van der Waals surface area (Å²) >= 11 is 0. The predicted octanol–water partition coefficient (Wildman–Crippen LogP) is 3.17. The number of hydrogen-bond donors (Lipinski definition) is 1. The summed E-state index contributed by atoms with van der Waals surface area (Å²) in [5.41, 5.74) is 8.24. The molecule has 0 aliphatic carbocycles. The van der Waals surface area contributed by atoms with Crippen molar-refractivity contribution >= 4 is 0 Å². The summed E-state index contributed by atoms with van der Waals surface area (Å²) in [5, 5.41) is 0. The molecule has 2 atom stereocenters. The van der Waals surface area contributed by atoms with Crippen LogP contribution in [0.15, 0.2) is 30.5 Å². The molecule has 0 fully saturated rings. The number of nitrogens with zero attached hydrogens (tertiary/aromatic N) is 2. The number of fused-ring (bicyclic) bond motifs is 1. The first-order chi connectivity index (χ1) is 10.2. The molecule has 21 heavy (non-hydrogen) atoms. The number of benzene rings is 1. The van der Waals surface area contributed by atoms with Gasteiger partial charge >= 0.3 is 0 Å². The first kappa shape index (κ1) is 14.1. The zero-order chi connectivity index (χ0) is 14.8. The Kier molecular flexibility index (Phi) is 3.97. The van der Waals surface area contributed by atoms with Gasteiger partial charge in [-0.05, 0) is 37.1 Å². The first-order valence-electron chi connectivity index (χ1n) is 7.73. The molecule has 2 heterocycles. The summed E-state index contributed by atoms with van der Waals surface area (Å²) in [6, 6.07) is 8.41. The lowest BCUT2D eigenvalue weighted by atomic mass is 9.98. The average Bonchev–Trinajstić information content (AvgIpc) is 2.90. The molecule has 112 valence electrons. The van der Waals surface area contributed by atoms with Crippen molar-refractivity contribution in [2.24, 2.45) is 5.73 Å². The lowest BCUT2D eigenvalue weighted by molar-refractivity contribution is 0.317. The molecule has 1 aromatic heterocycles. The van der Waals surface area contributed by atoms with E-state index < -0.39 is 0 Å². The van der Waals surface area contributed by atoms with Crippen LogP contribution in [0.2, 0.25) is 0 Å². The number of hydrogen-bond acceptors (Lipinski definition) is 3. The smallest absolute Gasteiger partial charge is 0.119 e. The van der Waals surface area contributed by atoms with E-state index in [9.17, 15) is 0 Å². The predicted molar refractivity (Wildman–Crippen MR) is 84.5 cm³/mol. The van der Waals surface area contributed by atoms with Crippen LogP contribution < -0.4 is 10.5 Å². The van der Waals surface area contributed by atoms with Crippen LogP contribution in [-0.4, -0.2) is 22.2 Å². The third-order valence-electron chi connectivity index (χ3n) is 3.96. The monoisotopic (exact) mass is 285 g/mol. The maximum absolute atomic E-state index is 6.09. The molecule has 1 aliphatic heterocycles. The Hall–Kier alpha value is -1.81. The van der Waals surface area contributed by atoms with E-state index >= 15 is 0 Å². The summed E-state index contributed by atoms with van der Waals surface area (Å²) in [6.45, 7) is 5.93. The van der Waals surface area contributed by atoms with Gasteiger partial charge in [-0.25, -0.2) is 4.98 Å². The van der Waals surface area contributed by atoms with Gasteiger partial charge in [0.15, 0.2) is 0 Å². The van der Waals surface area contributed by atoms with Gasteiger partial charge in [0, 0.05) is 30.3 Å². The lowest BCUT2D eigenvalue weighted by Gasteiger charge is -2.25. The fraction of sp³-hybridized carbons (Fsp3) is 0.471. The zero-order valence-electron chi connectivity index (χ0n) is 12.7. The third-order valence-corrected chi connectivity index (χ3v) is 3.96. The normalized spacial score (nSPS) is 21.1. The molecular weight excluding hydrogens is 262 g/mol. The highest BCUT2D eigenvalue weighted by molar-refractivity contribution is 5.60. The van der Waals surface area contributed by atoms with Gasteiger partial charge in [0.25, 0.3) is 0 Å². The van der Waals surface area contributed by atoms with Crippen LogP contribution in [0.1, 0.15) is 38.4 Å². The molecule has 4 heteroatoms. The van der Waals surface area contributed by atoms with Crippen molar-refractivity contribution in [1.82, 2.24) is 9.55 Å². The maximum Gasteiger partial charge on any atom is 0.119 e. The molecule has 0 spiro atoms. The minimum Gasteiger partial charge on any atom is -0.494 e. The fourth-order valence-corrected chi connectivity index (χ4v) is 2.94. The Morgan fingerprint density at radius 3 is 2.81 bits per heavy atom. The van der Waals surface area contributed by atoms with Crippen molar-refractivity contribution in [3.05, 3.63) is 36.3 Å². The molecule has 0 saturated heterocycles. The van der Waals surface area contributed by atoms with Crippen molar-refractivity contribution in [2.75, 3.05) is 6.61 Å². The number of imidazole rings is 1. The molecule has 0 saturated carbocycles. The van der Waals surface area contributed by atoms with Crippen molar-refractivity contribution in [1.29, 1.82) is 0 Å². The second-order valence-electron chi connectivity index (χ2n) is 5.91. The van der Waals surface area contributed by atoms with Crippen molar-refractivity contribution in [3.63, 3.8) is 0 Å². The molecule has 0 amide bonds. The summed E-state index contributed by atoms with van der Waals surface area (Å²) in [4.78, 5) is 4.79. The minimum atomic E-state index is 0.236. The van der Waals surface area contributed by atoms with Crippen LogP contribution in [0.3, 0.4) is 0 Å². The molecule has 1 aromatic carbocycles. The van der Waals surface area contributed by atoms with Crippen LogP contribution in [0.5, 0.6) is 5.75 Å². The Morgan fingerprint density at radius 2 is 2.10 bits per heavy atom. The fourth-order valence-electron chi connectivity index (χ4n) is 2.94. The van der Waals surface area contributed by atoms with Gasteiger partial charge < -0.3 is 15.0 Å². The van der Waals surface area contributed by atoms with E-state index in [4.69, 9.17) is 15.5 Å². The Balaban J connectivity index is 1.83. The first-order valence-corrected chi connectivity index (χ1v) is 7.73. The van der Waals surface area contributed by atoms with Gasteiger partial charge in [-0.3, -0.25) is 0 Å². The van der Waals surface area contributed by atoms with Crippen molar-refractivity contribution < 1.29 is 4.74 Å². The zero-order valence-corrected chi connectivity index (χ0v) is 12.7. The highest BCUT2D eigenvalue weighted by atomic mass is 16.5. The Morgan fingerprint density at radius 1 is 1.33 bits per heavy atom. The number of ether oxygens (including phenoxy) is 1. The Labute approximate surface area is 125 Å². The average molecular weight is 285 g/mol. The lowest BCUT2D eigenvalue weighted by Crippen LogP contribution is -2.33.